The zero-order chi connectivity index (χ0) is 10.8. The Kier molecular flexibility index (Phi) is 9.06. The topological polar surface area (TPSA) is 12.0 Å². The first-order valence-electron chi connectivity index (χ1n) is 6.03. The molecular weight excluding hydrogens is 170 g/mol. The van der Waals surface area contributed by atoms with Crippen LogP contribution in [0.3, 0.4) is 0 Å². The molecule has 0 aliphatic rings. The molecule has 0 aromatic heterocycles. The lowest BCUT2D eigenvalue weighted by atomic mass is 10.1. The maximum Gasteiger partial charge on any atom is -0.00141 e. The van der Waals surface area contributed by atoms with Crippen molar-refractivity contribution < 1.29 is 0 Å². The summed E-state index contributed by atoms with van der Waals surface area (Å²) in [6, 6.07) is 0. The molecule has 0 amide bonds. The second-order valence-electron chi connectivity index (χ2n) is 4.54. The van der Waals surface area contributed by atoms with Crippen LogP contribution in [0.2, 0.25) is 0 Å². The van der Waals surface area contributed by atoms with E-state index < -0.39 is 0 Å². The van der Waals surface area contributed by atoms with Crippen LogP contribution in [0, 0.1) is 5.92 Å². The van der Waals surface area contributed by atoms with Crippen LogP contribution in [-0.2, 0) is 0 Å². The molecule has 84 valence electrons. The fourth-order valence-electron chi connectivity index (χ4n) is 1.37. The van der Waals surface area contributed by atoms with E-state index in [4.69, 9.17) is 0 Å². The zero-order valence-corrected chi connectivity index (χ0v) is 10.4. The van der Waals surface area contributed by atoms with Gasteiger partial charge >= 0.3 is 0 Å². The van der Waals surface area contributed by atoms with Gasteiger partial charge in [-0.25, -0.2) is 0 Å². The maximum absolute atomic E-state index is 3.45. The fraction of sp³-hybridized carbons (Fsp3) is 0.846. The number of nitrogens with one attached hydrogen (secondary N) is 1. The molecular formula is C13H27N. The SMILES string of the molecule is CCCCC(C)=CCCNCC(C)C. The molecule has 0 radical (unpaired) electrons. The largest absolute Gasteiger partial charge is 0.316 e. The monoisotopic (exact) mass is 197 g/mol. The van der Waals surface area contributed by atoms with E-state index >= 15 is 0 Å². The molecule has 0 spiro atoms. The molecule has 1 N–H and O–H groups in total. The molecule has 0 fully saturated rings. The van der Waals surface area contributed by atoms with E-state index in [9.17, 15) is 0 Å². The lowest BCUT2D eigenvalue weighted by molar-refractivity contribution is 0.556. The minimum Gasteiger partial charge on any atom is -0.316 e. The first-order valence-corrected chi connectivity index (χ1v) is 6.03. The van der Waals surface area contributed by atoms with E-state index in [1.54, 1.807) is 5.57 Å². The minimum absolute atomic E-state index is 0.764. The Hall–Kier alpha value is -0.300. The summed E-state index contributed by atoms with van der Waals surface area (Å²) in [5.74, 6) is 0.764. The van der Waals surface area contributed by atoms with Crippen LogP contribution in [-0.4, -0.2) is 13.1 Å². The van der Waals surface area contributed by atoms with Gasteiger partial charge in [-0.2, -0.15) is 0 Å². The molecule has 0 aliphatic carbocycles. The summed E-state index contributed by atoms with van der Waals surface area (Å²) < 4.78 is 0. The maximum atomic E-state index is 3.45. The zero-order valence-electron chi connectivity index (χ0n) is 10.4. The molecule has 1 nitrogen and oxygen atoms in total. The van der Waals surface area contributed by atoms with Crippen molar-refractivity contribution in [2.24, 2.45) is 5.92 Å². The summed E-state index contributed by atoms with van der Waals surface area (Å²) in [6.45, 7) is 11.3. The highest BCUT2D eigenvalue weighted by Crippen LogP contribution is 2.06. The molecule has 0 aromatic carbocycles. The summed E-state index contributed by atoms with van der Waals surface area (Å²) in [6.07, 6.45) is 7.48. The molecule has 0 unspecified atom stereocenters. The highest BCUT2D eigenvalue weighted by atomic mass is 14.8. The van der Waals surface area contributed by atoms with Gasteiger partial charge in [0.2, 0.25) is 0 Å². The molecule has 0 rings (SSSR count). The fourth-order valence-corrected chi connectivity index (χ4v) is 1.37. The van der Waals surface area contributed by atoms with Gasteiger partial charge in [0.15, 0.2) is 0 Å². The molecule has 0 aliphatic heterocycles. The van der Waals surface area contributed by atoms with Crippen LogP contribution in [0.5, 0.6) is 0 Å². The highest BCUT2D eigenvalue weighted by Gasteiger charge is 1.92. The molecule has 0 aromatic rings. The van der Waals surface area contributed by atoms with Gasteiger partial charge in [0.05, 0.1) is 0 Å². The quantitative estimate of drug-likeness (QED) is 0.461. The Labute approximate surface area is 90.0 Å². The lowest BCUT2D eigenvalue weighted by Gasteiger charge is -2.05. The minimum atomic E-state index is 0.764. The third-order valence-electron chi connectivity index (χ3n) is 2.29. The first kappa shape index (κ1) is 13.7. The molecule has 0 atom stereocenters. The van der Waals surface area contributed by atoms with Crippen molar-refractivity contribution in [1.29, 1.82) is 0 Å². The van der Waals surface area contributed by atoms with Gasteiger partial charge in [0.25, 0.3) is 0 Å². The number of hydrogen-bond acceptors (Lipinski definition) is 1. The average Bonchev–Trinajstić information content (AvgIpc) is 2.13. The Balaban J connectivity index is 3.32. The Morgan fingerprint density at radius 2 is 2.07 bits per heavy atom. The summed E-state index contributed by atoms with van der Waals surface area (Å²) in [4.78, 5) is 0. The Morgan fingerprint density at radius 1 is 1.36 bits per heavy atom. The van der Waals surface area contributed by atoms with Crippen molar-refractivity contribution in [2.75, 3.05) is 13.1 Å². The van der Waals surface area contributed by atoms with Gasteiger partial charge in [0.1, 0.15) is 0 Å². The summed E-state index contributed by atoms with van der Waals surface area (Å²) in [7, 11) is 0. The van der Waals surface area contributed by atoms with Crippen molar-refractivity contribution in [3.05, 3.63) is 11.6 Å². The van der Waals surface area contributed by atoms with Gasteiger partial charge in [-0.1, -0.05) is 38.8 Å². The van der Waals surface area contributed by atoms with Gasteiger partial charge in [-0.05, 0) is 45.2 Å². The second kappa shape index (κ2) is 9.26. The van der Waals surface area contributed by atoms with Crippen LogP contribution in [0.15, 0.2) is 11.6 Å². The van der Waals surface area contributed by atoms with E-state index in [2.05, 4.69) is 39.1 Å². The van der Waals surface area contributed by atoms with Crippen LogP contribution in [0.4, 0.5) is 0 Å². The lowest BCUT2D eigenvalue weighted by Crippen LogP contribution is -2.20. The molecule has 1 heteroatoms. The van der Waals surface area contributed by atoms with E-state index in [-0.39, 0.29) is 0 Å². The standard InChI is InChI=1S/C13H27N/c1-5-6-8-13(4)9-7-10-14-11-12(2)3/h9,12,14H,5-8,10-11H2,1-4H3. The summed E-state index contributed by atoms with van der Waals surface area (Å²) >= 11 is 0. The average molecular weight is 197 g/mol. The van der Waals surface area contributed by atoms with Crippen LogP contribution < -0.4 is 5.32 Å². The van der Waals surface area contributed by atoms with Crippen molar-refractivity contribution in [3.63, 3.8) is 0 Å². The van der Waals surface area contributed by atoms with Gasteiger partial charge < -0.3 is 5.32 Å². The predicted octanol–water partition coefficient (Wildman–Crippen LogP) is 3.76. The van der Waals surface area contributed by atoms with Crippen LogP contribution in [0.1, 0.15) is 53.4 Å². The third-order valence-corrected chi connectivity index (χ3v) is 2.29. The summed E-state index contributed by atoms with van der Waals surface area (Å²) in [5.41, 5.74) is 1.55. The van der Waals surface area contributed by atoms with E-state index in [1.165, 1.54) is 25.7 Å². The molecule has 0 heterocycles. The van der Waals surface area contributed by atoms with Gasteiger partial charge in [-0.3, -0.25) is 0 Å². The smallest absolute Gasteiger partial charge is 0.00141 e. The van der Waals surface area contributed by atoms with Crippen LogP contribution >= 0.6 is 0 Å². The molecule has 0 bridgehead atoms. The predicted molar refractivity (Wildman–Crippen MR) is 65.6 cm³/mol. The van der Waals surface area contributed by atoms with Crippen molar-refractivity contribution in [1.82, 2.24) is 5.32 Å². The van der Waals surface area contributed by atoms with E-state index in [0.29, 0.717) is 0 Å². The van der Waals surface area contributed by atoms with E-state index in [1.807, 2.05) is 0 Å². The first-order chi connectivity index (χ1) is 6.66. The number of rotatable bonds is 8. The van der Waals surface area contributed by atoms with E-state index in [0.717, 1.165) is 19.0 Å². The van der Waals surface area contributed by atoms with Crippen LogP contribution in [0.25, 0.3) is 0 Å². The number of unbranched alkanes of at least 4 members (excludes halogenated alkanes) is 1. The molecule has 0 saturated carbocycles. The molecule has 0 saturated heterocycles. The highest BCUT2D eigenvalue weighted by molar-refractivity contribution is 4.97. The van der Waals surface area contributed by atoms with Crippen molar-refractivity contribution >= 4 is 0 Å². The number of allylic oxidation sites excluding steroid dienone is 1. The van der Waals surface area contributed by atoms with Gasteiger partial charge in [0, 0.05) is 0 Å². The number of hydrogen-bond donors (Lipinski definition) is 1. The van der Waals surface area contributed by atoms with Crippen molar-refractivity contribution in [3.8, 4) is 0 Å². The normalized spacial score (nSPS) is 12.5. The summed E-state index contributed by atoms with van der Waals surface area (Å²) in [5, 5.41) is 3.45. The van der Waals surface area contributed by atoms with Gasteiger partial charge in [-0.15, -0.1) is 0 Å². The molecule has 14 heavy (non-hydrogen) atoms. The third kappa shape index (κ3) is 9.79. The Bertz CT molecular complexity index is 147. The van der Waals surface area contributed by atoms with Crippen molar-refractivity contribution in [2.45, 2.75) is 53.4 Å². The Morgan fingerprint density at radius 3 is 2.64 bits per heavy atom. The second-order valence-corrected chi connectivity index (χ2v) is 4.54.